The zero-order chi connectivity index (χ0) is 32.3. The van der Waals surface area contributed by atoms with E-state index in [-0.39, 0.29) is 0 Å². The molecule has 8 aromatic carbocycles. The van der Waals surface area contributed by atoms with E-state index < -0.39 is 0 Å². The summed E-state index contributed by atoms with van der Waals surface area (Å²) in [5, 5.41) is 6.78. The summed E-state index contributed by atoms with van der Waals surface area (Å²) < 4.78 is 13.0. The van der Waals surface area contributed by atoms with Gasteiger partial charge in [-0.25, -0.2) is 0 Å². The standard InChI is InChI=1S/C46H29NO2/c1-2-11-30(12-3-1)31-23-25-35(26-24-31)47(41-20-10-22-43-45(41)40-28-32-13-4-5-14-33(32)29-44(40)48-43)36-16-8-15-34(27-36)37-18-9-19-39-38-17-6-7-21-42(38)49-46(37)39/h1-29H. The summed E-state index contributed by atoms with van der Waals surface area (Å²) in [5.74, 6) is 0. The molecule has 3 nitrogen and oxygen atoms in total. The van der Waals surface area contributed by atoms with E-state index in [0.717, 1.165) is 77.5 Å². The molecule has 0 unspecified atom stereocenters. The van der Waals surface area contributed by atoms with Crippen LogP contribution in [0.5, 0.6) is 0 Å². The first-order valence-electron chi connectivity index (χ1n) is 16.6. The van der Waals surface area contributed by atoms with Crippen molar-refractivity contribution in [1.29, 1.82) is 0 Å². The van der Waals surface area contributed by atoms with Gasteiger partial charge in [-0.2, -0.15) is 0 Å². The van der Waals surface area contributed by atoms with Crippen LogP contribution in [0.15, 0.2) is 185 Å². The van der Waals surface area contributed by atoms with Crippen LogP contribution in [-0.2, 0) is 0 Å². The fourth-order valence-electron chi connectivity index (χ4n) is 7.33. The number of benzene rings is 8. The fraction of sp³-hybridized carbons (Fsp3) is 0. The average molecular weight is 628 g/mol. The highest BCUT2D eigenvalue weighted by atomic mass is 16.3. The van der Waals surface area contributed by atoms with E-state index >= 15 is 0 Å². The number of hydrogen-bond donors (Lipinski definition) is 0. The Morgan fingerprint density at radius 1 is 0.367 bits per heavy atom. The van der Waals surface area contributed by atoms with Crippen LogP contribution < -0.4 is 4.90 Å². The minimum atomic E-state index is 0.858. The van der Waals surface area contributed by atoms with Crippen LogP contribution in [0, 0.1) is 0 Å². The monoisotopic (exact) mass is 627 g/mol. The van der Waals surface area contributed by atoms with E-state index in [0.29, 0.717) is 0 Å². The third-order valence-corrected chi connectivity index (χ3v) is 9.63. The smallest absolute Gasteiger partial charge is 0.143 e. The van der Waals surface area contributed by atoms with Crippen molar-refractivity contribution >= 4 is 71.7 Å². The summed E-state index contributed by atoms with van der Waals surface area (Å²) in [7, 11) is 0. The molecule has 2 heterocycles. The van der Waals surface area contributed by atoms with Crippen LogP contribution in [0.2, 0.25) is 0 Å². The van der Waals surface area contributed by atoms with Gasteiger partial charge in [0.2, 0.25) is 0 Å². The van der Waals surface area contributed by atoms with Gasteiger partial charge in [-0.05, 0) is 82.1 Å². The zero-order valence-electron chi connectivity index (χ0n) is 26.5. The summed E-state index contributed by atoms with van der Waals surface area (Å²) in [4.78, 5) is 2.35. The summed E-state index contributed by atoms with van der Waals surface area (Å²) in [6.45, 7) is 0. The third kappa shape index (κ3) is 4.51. The van der Waals surface area contributed by atoms with Crippen LogP contribution in [0.3, 0.4) is 0 Å². The maximum Gasteiger partial charge on any atom is 0.143 e. The molecule has 0 bridgehead atoms. The highest BCUT2D eigenvalue weighted by Gasteiger charge is 2.21. The van der Waals surface area contributed by atoms with Crippen molar-refractivity contribution in [2.24, 2.45) is 0 Å². The highest BCUT2D eigenvalue weighted by molar-refractivity contribution is 6.16. The van der Waals surface area contributed by atoms with E-state index in [4.69, 9.17) is 8.83 Å². The van der Waals surface area contributed by atoms with Gasteiger partial charge < -0.3 is 13.7 Å². The van der Waals surface area contributed by atoms with Gasteiger partial charge in [0.05, 0.1) is 11.1 Å². The quantitative estimate of drug-likeness (QED) is 0.190. The van der Waals surface area contributed by atoms with Gasteiger partial charge in [-0.3, -0.25) is 0 Å². The van der Waals surface area contributed by atoms with Gasteiger partial charge in [0.1, 0.15) is 22.3 Å². The Balaban J connectivity index is 1.20. The van der Waals surface area contributed by atoms with Gasteiger partial charge in [-0.1, -0.05) is 121 Å². The molecular formula is C46H29NO2. The van der Waals surface area contributed by atoms with Crippen LogP contribution in [-0.4, -0.2) is 0 Å². The largest absolute Gasteiger partial charge is 0.456 e. The lowest BCUT2D eigenvalue weighted by atomic mass is 10.0. The number of rotatable bonds is 5. The van der Waals surface area contributed by atoms with Crippen LogP contribution >= 0.6 is 0 Å². The molecule has 0 amide bonds. The van der Waals surface area contributed by atoms with Crippen molar-refractivity contribution in [3.63, 3.8) is 0 Å². The van der Waals surface area contributed by atoms with Crippen molar-refractivity contribution in [3.05, 3.63) is 176 Å². The van der Waals surface area contributed by atoms with Gasteiger partial charge in [-0.15, -0.1) is 0 Å². The van der Waals surface area contributed by atoms with Crippen LogP contribution in [0.1, 0.15) is 0 Å². The Morgan fingerprint density at radius 2 is 1.04 bits per heavy atom. The second kappa shape index (κ2) is 11.0. The van der Waals surface area contributed by atoms with Gasteiger partial charge >= 0.3 is 0 Å². The number of nitrogens with zero attached hydrogens (tertiary/aromatic N) is 1. The maximum absolute atomic E-state index is 6.53. The zero-order valence-corrected chi connectivity index (χ0v) is 26.5. The lowest BCUT2D eigenvalue weighted by molar-refractivity contribution is 0.669. The minimum Gasteiger partial charge on any atom is -0.456 e. The summed E-state index contributed by atoms with van der Waals surface area (Å²) >= 11 is 0. The first kappa shape index (κ1) is 27.5. The Kier molecular flexibility index (Phi) is 6.18. The molecule has 0 aliphatic carbocycles. The molecule has 230 valence electrons. The van der Waals surface area contributed by atoms with Gasteiger partial charge in [0.15, 0.2) is 0 Å². The first-order valence-corrected chi connectivity index (χ1v) is 16.6. The van der Waals surface area contributed by atoms with E-state index in [1.807, 2.05) is 12.1 Å². The molecule has 0 fully saturated rings. The average Bonchev–Trinajstić information content (AvgIpc) is 3.73. The van der Waals surface area contributed by atoms with Crippen molar-refractivity contribution in [3.8, 4) is 22.3 Å². The van der Waals surface area contributed by atoms with Crippen LogP contribution in [0.4, 0.5) is 17.1 Å². The molecule has 2 aromatic heterocycles. The Bertz CT molecular complexity index is 2830. The number of hydrogen-bond acceptors (Lipinski definition) is 3. The van der Waals surface area contributed by atoms with Gasteiger partial charge in [0, 0.05) is 33.1 Å². The normalized spacial score (nSPS) is 11.7. The van der Waals surface area contributed by atoms with Crippen LogP contribution in [0.25, 0.3) is 76.9 Å². The Morgan fingerprint density at radius 3 is 1.92 bits per heavy atom. The van der Waals surface area contributed by atoms with E-state index in [1.165, 1.54) is 16.5 Å². The van der Waals surface area contributed by atoms with E-state index in [2.05, 4.69) is 169 Å². The fourth-order valence-corrected chi connectivity index (χ4v) is 7.33. The Hall–Kier alpha value is -6.58. The summed E-state index contributed by atoms with van der Waals surface area (Å²) in [5.41, 5.74) is 11.2. The van der Waals surface area contributed by atoms with Gasteiger partial charge in [0.25, 0.3) is 0 Å². The first-order chi connectivity index (χ1) is 24.3. The van der Waals surface area contributed by atoms with E-state index in [9.17, 15) is 0 Å². The Labute approximate surface area is 282 Å². The maximum atomic E-state index is 6.53. The number of anilines is 3. The number of furan rings is 2. The van der Waals surface area contributed by atoms with E-state index in [1.54, 1.807) is 0 Å². The molecule has 0 spiro atoms. The molecule has 49 heavy (non-hydrogen) atoms. The molecule has 10 aromatic rings. The predicted molar refractivity (Wildman–Crippen MR) is 204 cm³/mol. The van der Waals surface area contributed by atoms with Crippen molar-refractivity contribution in [1.82, 2.24) is 0 Å². The topological polar surface area (TPSA) is 29.5 Å². The minimum absolute atomic E-state index is 0.858. The number of fused-ring (bicyclic) bond motifs is 7. The van der Waals surface area contributed by atoms with Crippen molar-refractivity contribution in [2.75, 3.05) is 4.90 Å². The molecule has 0 N–H and O–H groups in total. The molecule has 0 radical (unpaired) electrons. The third-order valence-electron chi connectivity index (χ3n) is 9.63. The molecular weight excluding hydrogens is 599 g/mol. The second-order valence-electron chi connectivity index (χ2n) is 12.5. The molecule has 10 rings (SSSR count). The molecule has 0 atom stereocenters. The lowest BCUT2D eigenvalue weighted by Gasteiger charge is -2.27. The molecule has 3 heteroatoms. The molecule has 0 aliphatic rings. The predicted octanol–water partition coefficient (Wildman–Crippen LogP) is 13.4. The lowest BCUT2D eigenvalue weighted by Crippen LogP contribution is -2.10. The number of para-hydroxylation sites is 2. The molecule has 0 saturated heterocycles. The molecule has 0 aliphatic heterocycles. The van der Waals surface area contributed by atoms with Crippen molar-refractivity contribution in [2.45, 2.75) is 0 Å². The highest BCUT2D eigenvalue weighted by Crippen LogP contribution is 2.45. The summed E-state index contributed by atoms with van der Waals surface area (Å²) in [6, 6.07) is 62.0. The second-order valence-corrected chi connectivity index (χ2v) is 12.5. The summed E-state index contributed by atoms with van der Waals surface area (Å²) in [6.07, 6.45) is 0. The van der Waals surface area contributed by atoms with Crippen molar-refractivity contribution < 1.29 is 8.83 Å². The SMILES string of the molecule is c1ccc(-c2ccc(N(c3cccc(-c4cccc5c4oc4ccccc45)c3)c3cccc4oc5cc6ccccc6cc5c34)cc2)cc1. The molecule has 0 saturated carbocycles.